The highest BCUT2D eigenvalue weighted by Crippen LogP contribution is 2.39. The standard InChI is InChI=1S/C20H17N5O2S2/c26-29(27,25-17-6-1-2-11-21-17)14-9-7-13(8-10-14)24-19-18-15-4-3-5-16(15)28-20(18)23-12-22-19/h1-2,6-12H,3-5H2,(H,21,25)(H,22,23,24). The predicted octanol–water partition coefficient (Wildman–Crippen LogP) is 4.12. The van der Waals surface area contributed by atoms with Gasteiger partial charge >= 0.3 is 0 Å². The number of nitrogens with zero attached hydrogens (tertiary/aromatic N) is 3. The summed E-state index contributed by atoms with van der Waals surface area (Å²) in [5.74, 6) is 1.04. The number of anilines is 3. The monoisotopic (exact) mass is 423 g/mol. The highest BCUT2D eigenvalue weighted by Gasteiger charge is 2.21. The smallest absolute Gasteiger partial charge is 0.263 e. The maximum atomic E-state index is 12.5. The van der Waals surface area contributed by atoms with Crippen LogP contribution in [0, 0.1) is 0 Å². The first kappa shape index (κ1) is 18.0. The average molecular weight is 424 g/mol. The summed E-state index contributed by atoms with van der Waals surface area (Å²) in [6, 6.07) is 11.6. The molecule has 0 radical (unpaired) electrons. The number of pyridine rings is 1. The summed E-state index contributed by atoms with van der Waals surface area (Å²) in [6.45, 7) is 0. The zero-order valence-electron chi connectivity index (χ0n) is 15.3. The third-order valence-electron chi connectivity index (χ3n) is 4.83. The van der Waals surface area contributed by atoms with Crippen LogP contribution in [0.2, 0.25) is 0 Å². The van der Waals surface area contributed by atoms with Crippen molar-refractivity contribution < 1.29 is 8.42 Å². The summed E-state index contributed by atoms with van der Waals surface area (Å²) in [5, 5.41) is 4.40. The fourth-order valence-corrected chi connectivity index (χ4v) is 5.73. The molecule has 0 aliphatic heterocycles. The summed E-state index contributed by atoms with van der Waals surface area (Å²) in [4.78, 5) is 15.4. The van der Waals surface area contributed by atoms with E-state index in [1.807, 2.05) is 0 Å². The van der Waals surface area contributed by atoms with Crippen molar-refractivity contribution in [3.63, 3.8) is 0 Å². The number of hydrogen-bond donors (Lipinski definition) is 2. The van der Waals surface area contributed by atoms with Crippen molar-refractivity contribution in [2.24, 2.45) is 0 Å². The van der Waals surface area contributed by atoms with Crippen LogP contribution >= 0.6 is 11.3 Å². The van der Waals surface area contributed by atoms with Crippen LogP contribution in [0.4, 0.5) is 17.3 Å². The Bertz CT molecular complexity index is 1290. The SMILES string of the molecule is O=S(=O)(Nc1ccccn1)c1ccc(Nc2ncnc3sc4c(c23)CCC4)cc1. The van der Waals surface area contributed by atoms with E-state index in [9.17, 15) is 8.42 Å². The minimum absolute atomic E-state index is 0.165. The van der Waals surface area contributed by atoms with Crippen LogP contribution < -0.4 is 10.0 Å². The molecule has 0 saturated heterocycles. The van der Waals surface area contributed by atoms with Crippen molar-refractivity contribution in [1.82, 2.24) is 15.0 Å². The normalized spacial score (nSPS) is 13.4. The Hall–Kier alpha value is -3.04. The third-order valence-corrected chi connectivity index (χ3v) is 7.40. The number of hydrogen-bond acceptors (Lipinski definition) is 7. The van der Waals surface area contributed by atoms with Crippen LogP contribution in [-0.2, 0) is 22.9 Å². The van der Waals surface area contributed by atoms with Gasteiger partial charge in [-0.1, -0.05) is 6.07 Å². The van der Waals surface area contributed by atoms with Crippen molar-refractivity contribution in [1.29, 1.82) is 0 Å². The van der Waals surface area contributed by atoms with Gasteiger partial charge in [-0.05, 0) is 61.2 Å². The molecule has 0 amide bonds. The van der Waals surface area contributed by atoms with Crippen LogP contribution in [0.25, 0.3) is 10.2 Å². The fourth-order valence-electron chi connectivity index (χ4n) is 3.50. The lowest BCUT2D eigenvalue weighted by atomic mass is 10.2. The van der Waals surface area contributed by atoms with Gasteiger partial charge in [0.2, 0.25) is 0 Å². The number of benzene rings is 1. The van der Waals surface area contributed by atoms with E-state index in [4.69, 9.17) is 0 Å². The lowest BCUT2D eigenvalue weighted by Gasteiger charge is -2.10. The number of fused-ring (bicyclic) bond motifs is 3. The Morgan fingerprint density at radius 2 is 1.83 bits per heavy atom. The zero-order valence-corrected chi connectivity index (χ0v) is 16.9. The maximum Gasteiger partial charge on any atom is 0.263 e. The van der Waals surface area contributed by atoms with Crippen LogP contribution in [0.5, 0.6) is 0 Å². The molecule has 3 aromatic heterocycles. The second-order valence-corrected chi connectivity index (χ2v) is 9.50. The Morgan fingerprint density at radius 3 is 2.62 bits per heavy atom. The van der Waals surface area contributed by atoms with E-state index in [0.717, 1.165) is 34.6 Å². The van der Waals surface area contributed by atoms with Crippen LogP contribution in [0.1, 0.15) is 16.9 Å². The minimum Gasteiger partial charge on any atom is -0.340 e. The van der Waals surface area contributed by atoms with E-state index >= 15 is 0 Å². The van der Waals surface area contributed by atoms with Gasteiger partial charge in [-0.3, -0.25) is 4.72 Å². The van der Waals surface area contributed by atoms with Gasteiger partial charge in [0.15, 0.2) is 0 Å². The largest absolute Gasteiger partial charge is 0.340 e. The molecule has 0 atom stereocenters. The number of rotatable bonds is 5. The third kappa shape index (κ3) is 3.43. The van der Waals surface area contributed by atoms with Crippen molar-refractivity contribution in [3.05, 3.63) is 65.4 Å². The van der Waals surface area contributed by atoms with E-state index in [-0.39, 0.29) is 10.7 Å². The summed E-state index contributed by atoms with van der Waals surface area (Å²) < 4.78 is 27.6. The van der Waals surface area contributed by atoms with Gasteiger partial charge in [0.1, 0.15) is 22.8 Å². The van der Waals surface area contributed by atoms with Gasteiger partial charge in [0.05, 0.1) is 10.3 Å². The molecule has 1 aliphatic rings. The van der Waals surface area contributed by atoms with Gasteiger partial charge in [-0.25, -0.2) is 23.4 Å². The van der Waals surface area contributed by atoms with Gasteiger partial charge in [-0.15, -0.1) is 11.3 Å². The number of thiophene rings is 1. The van der Waals surface area contributed by atoms with E-state index in [0.29, 0.717) is 0 Å². The molecule has 0 bridgehead atoms. The second-order valence-electron chi connectivity index (χ2n) is 6.73. The Kier molecular flexibility index (Phi) is 4.40. The molecule has 146 valence electrons. The van der Waals surface area contributed by atoms with Gasteiger partial charge in [-0.2, -0.15) is 0 Å². The first-order valence-electron chi connectivity index (χ1n) is 9.16. The molecule has 2 N–H and O–H groups in total. The fraction of sp³-hybridized carbons (Fsp3) is 0.150. The number of aryl methyl sites for hydroxylation is 2. The zero-order chi connectivity index (χ0) is 19.8. The number of aromatic nitrogens is 3. The van der Waals surface area contributed by atoms with E-state index in [1.54, 1.807) is 60.1 Å². The molecule has 0 fully saturated rings. The molecule has 1 aromatic carbocycles. The quantitative estimate of drug-likeness (QED) is 0.501. The molecule has 9 heteroatoms. The van der Waals surface area contributed by atoms with Crippen molar-refractivity contribution in [2.45, 2.75) is 24.2 Å². The number of sulfonamides is 1. The predicted molar refractivity (Wildman–Crippen MR) is 114 cm³/mol. The average Bonchev–Trinajstić information content (AvgIpc) is 3.30. The van der Waals surface area contributed by atoms with Crippen molar-refractivity contribution in [2.75, 3.05) is 10.0 Å². The molecule has 0 saturated carbocycles. The molecule has 7 nitrogen and oxygen atoms in total. The Labute approximate surface area is 171 Å². The molecular weight excluding hydrogens is 406 g/mol. The second kappa shape index (κ2) is 7.09. The summed E-state index contributed by atoms with van der Waals surface area (Å²) >= 11 is 1.73. The van der Waals surface area contributed by atoms with Gasteiger partial charge < -0.3 is 5.32 Å². The number of nitrogens with one attached hydrogen (secondary N) is 2. The Morgan fingerprint density at radius 1 is 0.966 bits per heavy atom. The summed E-state index contributed by atoms with van der Waals surface area (Å²) in [6.07, 6.45) is 6.42. The molecular formula is C20H17N5O2S2. The molecule has 29 heavy (non-hydrogen) atoms. The van der Waals surface area contributed by atoms with Gasteiger partial charge in [0, 0.05) is 16.8 Å². The summed E-state index contributed by atoms with van der Waals surface area (Å²) in [5.41, 5.74) is 2.10. The molecule has 4 aromatic rings. The van der Waals surface area contributed by atoms with E-state index in [1.165, 1.54) is 23.1 Å². The van der Waals surface area contributed by atoms with E-state index < -0.39 is 10.0 Å². The van der Waals surface area contributed by atoms with Crippen LogP contribution in [0.15, 0.2) is 59.9 Å². The molecule has 0 spiro atoms. The summed E-state index contributed by atoms with van der Waals surface area (Å²) in [7, 11) is -3.70. The molecule has 5 rings (SSSR count). The van der Waals surface area contributed by atoms with Crippen LogP contribution in [0.3, 0.4) is 0 Å². The first-order valence-corrected chi connectivity index (χ1v) is 11.5. The highest BCUT2D eigenvalue weighted by molar-refractivity contribution is 7.92. The topological polar surface area (TPSA) is 96.9 Å². The lowest BCUT2D eigenvalue weighted by Crippen LogP contribution is -2.13. The minimum atomic E-state index is -3.70. The highest BCUT2D eigenvalue weighted by atomic mass is 32.2. The van der Waals surface area contributed by atoms with Crippen molar-refractivity contribution >= 4 is 48.9 Å². The molecule has 1 aliphatic carbocycles. The molecule has 3 heterocycles. The van der Waals surface area contributed by atoms with Crippen molar-refractivity contribution in [3.8, 4) is 0 Å². The molecule has 0 unspecified atom stereocenters. The van der Waals surface area contributed by atoms with Gasteiger partial charge in [0.25, 0.3) is 10.0 Å². The maximum absolute atomic E-state index is 12.5. The first-order chi connectivity index (χ1) is 14.1. The Balaban J connectivity index is 1.41. The van der Waals surface area contributed by atoms with E-state index in [2.05, 4.69) is 25.0 Å². The lowest BCUT2D eigenvalue weighted by molar-refractivity contribution is 0.601. The van der Waals surface area contributed by atoms with Crippen LogP contribution in [-0.4, -0.2) is 23.4 Å².